The monoisotopic (exact) mass is 189 g/mol. The maximum Gasteiger partial charge on any atom is 0.0302 e. The van der Waals surface area contributed by atoms with E-state index >= 15 is 0 Å². The van der Waals surface area contributed by atoms with Crippen LogP contribution in [0.25, 0.3) is 0 Å². The molecule has 76 valence electrons. The largest absolute Gasteiger partial charge is 0.324 e. The highest BCUT2D eigenvalue weighted by atomic mass is 14.6. The van der Waals surface area contributed by atoms with Gasteiger partial charge in [-0.2, -0.15) is 0 Å². The average molecular weight is 189 g/mol. The second kappa shape index (κ2) is 3.74. The van der Waals surface area contributed by atoms with Gasteiger partial charge in [-0.1, -0.05) is 31.0 Å². The van der Waals surface area contributed by atoms with E-state index in [9.17, 15) is 0 Å². The van der Waals surface area contributed by atoms with E-state index in [4.69, 9.17) is 5.73 Å². The first-order valence-electron chi connectivity index (χ1n) is 5.50. The molecule has 1 fully saturated rings. The van der Waals surface area contributed by atoms with Gasteiger partial charge in [0.1, 0.15) is 0 Å². The molecular formula is C13H19N. The highest BCUT2D eigenvalue weighted by Gasteiger charge is 2.25. The van der Waals surface area contributed by atoms with Crippen LogP contribution in [0.4, 0.5) is 0 Å². The first-order valence-corrected chi connectivity index (χ1v) is 5.50. The van der Waals surface area contributed by atoms with Crippen LogP contribution < -0.4 is 5.73 Å². The minimum atomic E-state index is 0.253. The first-order chi connectivity index (χ1) is 6.68. The molecule has 1 atom stereocenters. The van der Waals surface area contributed by atoms with Gasteiger partial charge in [-0.15, -0.1) is 0 Å². The van der Waals surface area contributed by atoms with E-state index in [0.29, 0.717) is 0 Å². The standard InChI is InChI=1S/C13H19N/c1-9-4-3-5-10(2)13(9)12(14)8-11-6-7-11/h3-5,11-12H,6-8,14H2,1-2H3/t12-/m1/s1. The summed E-state index contributed by atoms with van der Waals surface area (Å²) in [5.41, 5.74) is 10.3. The summed E-state index contributed by atoms with van der Waals surface area (Å²) < 4.78 is 0. The molecule has 0 radical (unpaired) electrons. The minimum Gasteiger partial charge on any atom is -0.324 e. The molecule has 1 aromatic rings. The summed E-state index contributed by atoms with van der Waals surface area (Å²) in [7, 11) is 0. The molecule has 14 heavy (non-hydrogen) atoms. The molecule has 0 aliphatic heterocycles. The molecule has 1 heteroatoms. The molecule has 1 aliphatic rings. The van der Waals surface area contributed by atoms with E-state index in [0.717, 1.165) is 5.92 Å². The number of hydrogen-bond donors (Lipinski definition) is 1. The van der Waals surface area contributed by atoms with Crippen molar-refractivity contribution in [1.82, 2.24) is 0 Å². The van der Waals surface area contributed by atoms with Crippen molar-refractivity contribution < 1.29 is 0 Å². The quantitative estimate of drug-likeness (QED) is 0.776. The van der Waals surface area contributed by atoms with Gasteiger partial charge < -0.3 is 5.73 Å². The predicted octanol–water partition coefficient (Wildman–Crippen LogP) is 3.10. The summed E-state index contributed by atoms with van der Waals surface area (Å²) in [4.78, 5) is 0. The number of aryl methyl sites for hydroxylation is 2. The first kappa shape index (κ1) is 9.72. The second-order valence-electron chi connectivity index (χ2n) is 4.59. The Morgan fingerprint density at radius 2 is 1.86 bits per heavy atom. The van der Waals surface area contributed by atoms with Gasteiger partial charge >= 0.3 is 0 Å². The normalized spacial score (nSPS) is 18.2. The van der Waals surface area contributed by atoms with Crippen molar-refractivity contribution in [2.24, 2.45) is 11.7 Å². The lowest BCUT2D eigenvalue weighted by Crippen LogP contribution is -2.13. The number of hydrogen-bond acceptors (Lipinski definition) is 1. The molecule has 1 aromatic carbocycles. The Morgan fingerprint density at radius 3 is 2.36 bits per heavy atom. The third kappa shape index (κ3) is 1.98. The van der Waals surface area contributed by atoms with Gasteiger partial charge in [-0.3, -0.25) is 0 Å². The third-order valence-corrected chi connectivity index (χ3v) is 3.20. The van der Waals surface area contributed by atoms with Crippen LogP contribution in [0.5, 0.6) is 0 Å². The Balaban J connectivity index is 2.19. The molecule has 0 amide bonds. The molecule has 0 spiro atoms. The van der Waals surface area contributed by atoms with Gasteiger partial charge in [0.2, 0.25) is 0 Å². The Morgan fingerprint density at radius 1 is 1.29 bits per heavy atom. The zero-order chi connectivity index (χ0) is 10.1. The van der Waals surface area contributed by atoms with Crippen LogP contribution in [0, 0.1) is 19.8 Å². The fourth-order valence-electron chi connectivity index (χ4n) is 2.24. The molecule has 0 aromatic heterocycles. The molecule has 0 unspecified atom stereocenters. The molecule has 0 heterocycles. The molecule has 1 nitrogen and oxygen atoms in total. The molecule has 1 aliphatic carbocycles. The van der Waals surface area contributed by atoms with Crippen LogP contribution in [0.3, 0.4) is 0 Å². The van der Waals surface area contributed by atoms with Crippen molar-refractivity contribution in [3.05, 3.63) is 34.9 Å². The lowest BCUT2D eigenvalue weighted by Gasteiger charge is -2.17. The fraction of sp³-hybridized carbons (Fsp3) is 0.538. The Labute approximate surface area is 86.3 Å². The van der Waals surface area contributed by atoms with Crippen molar-refractivity contribution in [2.75, 3.05) is 0 Å². The van der Waals surface area contributed by atoms with E-state index in [2.05, 4.69) is 32.0 Å². The summed E-state index contributed by atoms with van der Waals surface area (Å²) in [6, 6.07) is 6.69. The van der Waals surface area contributed by atoms with E-state index in [1.54, 1.807) is 0 Å². The van der Waals surface area contributed by atoms with Crippen molar-refractivity contribution in [1.29, 1.82) is 0 Å². The number of benzene rings is 1. The van der Waals surface area contributed by atoms with Gasteiger partial charge in [0.15, 0.2) is 0 Å². The predicted molar refractivity (Wildman–Crippen MR) is 60.2 cm³/mol. The fourth-order valence-corrected chi connectivity index (χ4v) is 2.24. The average Bonchev–Trinajstić information content (AvgIpc) is 2.87. The van der Waals surface area contributed by atoms with Crippen LogP contribution >= 0.6 is 0 Å². The van der Waals surface area contributed by atoms with Gasteiger partial charge in [0.25, 0.3) is 0 Å². The molecule has 0 bridgehead atoms. The van der Waals surface area contributed by atoms with Crippen LogP contribution in [-0.4, -0.2) is 0 Å². The van der Waals surface area contributed by atoms with Gasteiger partial charge in [-0.05, 0) is 42.9 Å². The minimum absolute atomic E-state index is 0.253. The van der Waals surface area contributed by atoms with Gasteiger partial charge in [0.05, 0.1) is 0 Å². The Hall–Kier alpha value is -0.820. The Bertz CT molecular complexity index is 306. The highest BCUT2D eigenvalue weighted by Crippen LogP contribution is 2.37. The SMILES string of the molecule is Cc1cccc(C)c1[C@H](N)CC1CC1. The summed E-state index contributed by atoms with van der Waals surface area (Å²) in [5, 5.41) is 0. The zero-order valence-corrected chi connectivity index (χ0v) is 9.09. The van der Waals surface area contributed by atoms with Crippen LogP contribution in [0.1, 0.15) is 42.0 Å². The number of nitrogens with two attached hydrogens (primary N) is 1. The highest BCUT2D eigenvalue weighted by molar-refractivity contribution is 5.36. The topological polar surface area (TPSA) is 26.0 Å². The maximum absolute atomic E-state index is 6.24. The van der Waals surface area contributed by atoms with Crippen molar-refractivity contribution in [2.45, 2.75) is 39.2 Å². The van der Waals surface area contributed by atoms with Crippen molar-refractivity contribution in [3.63, 3.8) is 0 Å². The molecule has 1 saturated carbocycles. The Kier molecular flexibility index (Phi) is 2.60. The second-order valence-corrected chi connectivity index (χ2v) is 4.59. The van der Waals surface area contributed by atoms with E-state index in [-0.39, 0.29) is 6.04 Å². The van der Waals surface area contributed by atoms with Crippen LogP contribution in [-0.2, 0) is 0 Å². The van der Waals surface area contributed by atoms with Gasteiger partial charge in [-0.25, -0.2) is 0 Å². The van der Waals surface area contributed by atoms with Crippen LogP contribution in [0.15, 0.2) is 18.2 Å². The summed E-state index contributed by atoms with van der Waals surface area (Å²) in [6.07, 6.45) is 3.95. The lowest BCUT2D eigenvalue weighted by molar-refractivity contribution is 0.592. The summed E-state index contributed by atoms with van der Waals surface area (Å²) in [5.74, 6) is 0.906. The van der Waals surface area contributed by atoms with E-state index in [1.807, 2.05) is 0 Å². The molecular weight excluding hydrogens is 170 g/mol. The van der Waals surface area contributed by atoms with Gasteiger partial charge in [0, 0.05) is 6.04 Å². The summed E-state index contributed by atoms with van der Waals surface area (Å²) >= 11 is 0. The zero-order valence-electron chi connectivity index (χ0n) is 9.09. The smallest absolute Gasteiger partial charge is 0.0302 e. The van der Waals surface area contributed by atoms with Crippen molar-refractivity contribution in [3.8, 4) is 0 Å². The lowest BCUT2D eigenvalue weighted by atomic mass is 9.93. The van der Waals surface area contributed by atoms with Crippen LogP contribution in [0.2, 0.25) is 0 Å². The molecule has 2 N–H and O–H groups in total. The van der Waals surface area contributed by atoms with E-state index < -0.39 is 0 Å². The maximum atomic E-state index is 6.24. The number of rotatable bonds is 3. The molecule has 0 saturated heterocycles. The molecule has 2 rings (SSSR count). The third-order valence-electron chi connectivity index (χ3n) is 3.20. The summed E-state index contributed by atoms with van der Waals surface area (Å²) in [6.45, 7) is 4.32. The van der Waals surface area contributed by atoms with Crippen molar-refractivity contribution >= 4 is 0 Å². The van der Waals surface area contributed by atoms with E-state index in [1.165, 1.54) is 36.0 Å².